The summed E-state index contributed by atoms with van der Waals surface area (Å²) < 4.78 is 30.8. The van der Waals surface area contributed by atoms with E-state index in [0.29, 0.717) is 42.9 Å². The van der Waals surface area contributed by atoms with Crippen molar-refractivity contribution in [3.63, 3.8) is 0 Å². The van der Waals surface area contributed by atoms with Gasteiger partial charge < -0.3 is 43.8 Å². The predicted octanol–water partition coefficient (Wildman–Crippen LogP) is 9.64. The third-order valence-corrected chi connectivity index (χ3v) is 18.3. The number of anilines is 2. The Morgan fingerprint density at radius 3 is 2.20 bits per heavy atom. The highest BCUT2D eigenvalue weighted by Gasteiger charge is 2.50. The minimum Gasteiger partial charge on any atom is -0.465 e. The van der Waals surface area contributed by atoms with E-state index in [4.69, 9.17) is 34.4 Å². The second kappa shape index (κ2) is 33.8. The van der Waals surface area contributed by atoms with E-state index in [-0.39, 0.29) is 35.4 Å². The Hall–Kier alpha value is -4.40. The van der Waals surface area contributed by atoms with Crippen molar-refractivity contribution in [3.05, 3.63) is 41.7 Å². The molecule has 1 aliphatic carbocycles. The molecule has 4 aliphatic heterocycles. The molecule has 3 atom stereocenters. The van der Waals surface area contributed by atoms with Crippen LogP contribution >= 0.6 is 0 Å². The van der Waals surface area contributed by atoms with Gasteiger partial charge in [-0.25, -0.2) is 5.43 Å². The minimum atomic E-state index is -0.343. The zero-order valence-corrected chi connectivity index (χ0v) is 55.0. The van der Waals surface area contributed by atoms with Crippen molar-refractivity contribution in [1.82, 2.24) is 35.1 Å². The Balaban J connectivity index is 0.000000444. The van der Waals surface area contributed by atoms with Crippen LogP contribution in [0.15, 0.2) is 30.5 Å². The number of pyridine rings is 1. The summed E-state index contributed by atoms with van der Waals surface area (Å²) in [4.78, 5) is 51.9. The number of ether oxygens (including phenoxy) is 5. The molecule has 18 nitrogen and oxygen atoms in total. The van der Waals surface area contributed by atoms with Crippen molar-refractivity contribution >= 4 is 40.6 Å². The number of carbonyl (C=O) groups excluding carboxylic acids is 3. The van der Waals surface area contributed by atoms with E-state index in [0.717, 1.165) is 166 Å². The van der Waals surface area contributed by atoms with E-state index >= 15 is 0 Å². The number of piperazine rings is 1. The fraction of sp³-hybridized carbons (Fsp3) is 0.761. The lowest BCUT2D eigenvalue weighted by atomic mass is 9.76. The lowest BCUT2D eigenvalue weighted by molar-refractivity contribution is -0.199. The molecule has 2 aromatic heterocycles. The Kier molecular flexibility index (Phi) is 27.7. The number of likely N-dealkylation sites (N-methyl/N-ethyl adjacent to an activating group) is 1. The number of rotatable bonds is 36. The number of hydrazine groups is 1. The topological polar surface area (TPSA) is 181 Å². The van der Waals surface area contributed by atoms with Gasteiger partial charge in [0.15, 0.2) is 0 Å². The Morgan fingerprint density at radius 1 is 0.918 bits per heavy atom. The van der Waals surface area contributed by atoms with Gasteiger partial charge >= 0.3 is 5.97 Å². The second-order valence-corrected chi connectivity index (χ2v) is 26.6. The number of nitrogens with two attached hydrogens (primary N) is 1. The molecular formula is C67H114N10O8. The SMILES string of the molecule is CC.CC(C)C(C(N)=O)N(C)CCCCCCC1(C)COC1.CCn1c(-c2cc(N3CCN(C4CC4)CC3)cnc2C(C)OC)c(CC(C)(C)COC(C)=O)c2cc(N(CCOC)CCC(CCCCCNNC=O)N3CC4(COC4)C3)ccc21. The van der Waals surface area contributed by atoms with Crippen LogP contribution in [0.1, 0.15) is 164 Å². The quantitative estimate of drug-likeness (QED) is 0.0217. The minimum absolute atomic E-state index is 0.138. The van der Waals surface area contributed by atoms with Gasteiger partial charge in [0.1, 0.15) is 0 Å². The van der Waals surface area contributed by atoms with Crippen LogP contribution in [-0.2, 0) is 51.0 Å². The number of benzene rings is 1. The highest BCUT2D eigenvalue weighted by atomic mass is 16.5. The summed E-state index contributed by atoms with van der Waals surface area (Å²) in [6, 6.07) is 10.5. The zero-order chi connectivity index (χ0) is 61.7. The van der Waals surface area contributed by atoms with E-state index in [1.165, 1.54) is 67.6 Å². The van der Waals surface area contributed by atoms with Crippen molar-refractivity contribution < 1.29 is 38.1 Å². The number of methoxy groups -OCH3 is 2. The summed E-state index contributed by atoms with van der Waals surface area (Å²) in [5.74, 6) is -0.196. The van der Waals surface area contributed by atoms with E-state index in [1.807, 2.05) is 40.9 Å². The van der Waals surface area contributed by atoms with Crippen LogP contribution in [0.4, 0.5) is 11.4 Å². The summed E-state index contributed by atoms with van der Waals surface area (Å²) in [6.45, 7) is 35.8. The van der Waals surface area contributed by atoms with Crippen LogP contribution < -0.4 is 26.4 Å². The molecule has 5 fully saturated rings. The van der Waals surface area contributed by atoms with Crippen molar-refractivity contribution in [2.75, 3.05) is 136 Å². The first kappa shape index (κ1) is 69.7. The Morgan fingerprint density at radius 2 is 1.61 bits per heavy atom. The van der Waals surface area contributed by atoms with Gasteiger partial charge in [0.2, 0.25) is 12.3 Å². The Bertz CT molecular complexity index is 2490. The molecule has 4 saturated heterocycles. The van der Waals surface area contributed by atoms with E-state index < -0.39 is 0 Å². The number of fused-ring (bicyclic) bond motifs is 1. The first-order valence-corrected chi connectivity index (χ1v) is 32.7. The van der Waals surface area contributed by atoms with Gasteiger partial charge in [-0.3, -0.25) is 39.5 Å². The lowest BCUT2D eigenvalue weighted by Crippen LogP contribution is -2.68. The monoisotopic (exact) mass is 1190 g/mol. The van der Waals surface area contributed by atoms with Gasteiger partial charge in [-0.2, -0.15) is 0 Å². The Labute approximate surface area is 512 Å². The maximum atomic E-state index is 12.2. The number of primary amides is 1. The first-order chi connectivity index (χ1) is 40.8. The lowest BCUT2D eigenvalue weighted by Gasteiger charge is -2.57. The van der Waals surface area contributed by atoms with Gasteiger partial charge in [0.25, 0.3) is 0 Å². The summed E-state index contributed by atoms with van der Waals surface area (Å²) in [5, 5.41) is 1.21. The number of carbonyl (C=O) groups is 3. The molecule has 18 heteroatoms. The van der Waals surface area contributed by atoms with Gasteiger partial charge in [0, 0.05) is 137 Å². The van der Waals surface area contributed by atoms with Crippen LogP contribution in [-0.4, -0.2) is 187 Å². The third kappa shape index (κ3) is 19.8. The number of hydrogen-bond acceptors (Lipinski definition) is 15. The molecule has 0 bridgehead atoms. The van der Waals surface area contributed by atoms with E-state index in [1.54, 1.807) is 14.2 Å². The van der Waals surface area contributed by atoms with Crippen LogP contribution in [0.5, 0.6) is 0 Å². The number of amides is 2. The molecule has 2 amide bonds. The normalized spacial score (nSPS) is 18.6. The molecule has 4 N–H and O–H groups in total. The average Bonchev–Trinajstić information content (AvgIpc) is 2.37. The van der Waals surface area contributed by atoms with Crippen LogP contribution in [0.2, 0.25) is 0 Å². The molecule has 3 aromatic rings. The highest BCUT2D eigenvalue weighted by Crippen LogP contribution is 2.44. The molecule has 8 rings (SSSR count). The largest absolute Gasteiger partial charge is 0.465 e. The number of aryl methyl sites for hydroxylation is 1. The van der Waals surface area contributed by atoms with Crippen molar-refractivity contribution in [3.8, 4) is 11.3 Å². The maximum absolute atomic E-state index is 12.2. The van der Waals surface area contributed by atoms with Crippen molar-refractivity contribution in [2.24, 2.45) is 27.9 Å². The molecule has 1 saturated carbocycles. The fourth-order valence-corrected chi connectivity index (χ4v) is 13.3. The molecule has 1 spiro atoms. The fourth-order valence-electron chi connectivity index (χ4n) is 13.3. The molecular weight excluding hydrogens is 1070 g/mol. The number of nitrogens with zero attached hydrogens (tertiary/aromatic N) is 7. The third-order valence-electron chi connectivity index (χ3n) is 18.3. The van der Waals surface area contributed by atoms with Crippen LogP contribution in [0, 0.1) is 22.2 Å². The smallest absolute Gasteiger partial charge is 0.302 e. The number of hydrogen-bond donors (Lipinski definition) is 3. The zero-order valence-electron chi connectivity index (χ0n) is 55.0. The first-order valence-electron chi connectivity index (χ1n) is 32.7. The molecule has 3 unspecified atom stereocenters. The molecule has 5 aliphatic rings. The number of nitrogens with one attached hydrogen (secondary N) is 2. The second-order valence-electron chi connectivity index (χ2n) is 26.6. The van der Waals surface area contributed by atoms with Crippen LogP contribution in [0.25, 0.3) is 22.2 Å². The van der Waals surface area contributed by atoms with Gasteiger partial charge in [0.05, 0.1) is 75.1 Å². The average molecular weight is 1190 g/mol. The van der Waals surface area contributed by atoms with Crippen molar-refractivity contribution in [2.45, 2.75) is 183 Å². The number of likely N-dealkylation sites (tertiary alicyclic amines) is 1. The van der Waals surface area contributed by atoms with Crippen LogP contribution in [0.3, 0.4) is 0 Å². The molecule has 85 heavy (non-hydrogen) atoms. The summed E-state index contributed by atoms with van der Waals surface area (Å²) >= 11 is 0. The summed E-state index contributed by atoms with van der Waals surface area (Å²) in [7, 11) is 5.55. The molecule has 6 heterocycles. The molecule has 0 radical (unpaired) electrons. The predicted molar refractivity (Wildman–Crippen MR) is 344 cm³/mol. The van der Waals surface area contributed by atoms with Gasteiger partial charge in [-0.1, -0.05) is 80.6 Å². The molecule has 480 valence electrons. The summed E-state index contributed by atoms with van der Waals surface area (Å²) in [5.41, 5.74) is 19.4. The maximum Gasteiger partial charge on any atom is 0.302 e. The van der Waals surface area contributed by atoms with E-state index in [2.05, 4.69) is 98.8 Å². The van der Waals surface area contributed by atoms with Gasteiger partial charge in [-0.15, -0.1) is 0 Å². The number of esters is 1. The van der Waals surface area contributed by atoms with E-state index in [9.17, 15) is 14.4 Å². The standard InChI is InChI=1S/C49H76N8O6.C16H32N2O2.C2H6/c1-8-57-45-16-15-40(53(24-25-60-6)19-17-38(12-10-9-11-18-51-52-35-58)56-30-49(31-56)33-62-34-49)26-42(45)44(28-48(4,5)32-63-37(3)59)47(57)43-27-41(29-50-46(43)36(2)61-7)55-22-20-54(21-23-55)39-13-14-39;1-13(2)14(15(17)19)18(4)10-8-6-5-7-9-16(3)11-20-12-16;1-2/h15-16,26-27,29,35-36,38-39,51H,8-14,17-25,28,30-34H2,1-7H3,(H,52,58);13-14H,5-12H2,1-4H3,(H2,17,19);1-2H3. The summed E-state index contributed by atoms with van der Waals surface area (Å²) in [6.07, 6.45) is 17.6. The van der Waals surface area contributed by atoms with Crippen molar-refractivity contribution in [1.29, 1.82) is 0 Å². The van der Waals surface area contributed by atoms with Gasteiger partial charge in [-0.05, 0) is 115 Å². The molecule has 1 aromatic carbocycles. The number of unbranched alkanes of at least 4 members (excludes halogenated alkanes) is 5. The number of aromatic nitrogens is 2. The highest BCUT2D eigenvalue weighted by molar-refractivity contribution is 5.95.